The van der Waals surface area contributed by atoms with Crippen LogP contribution in [0.1, 0.15) is 12.0 Å². The minimum Gasteiger partial charge on any atom is -0.271 e. The minimum absolute atomic E-state index is 0.0436. The standard InChI is InChI=1S/C11H12ClFN2/c1-2-3-10(15-14)6-8-4-5-9(13)7-11(8)12/h1,4-5,7,10,15H,3,6,14H2. The molecule has 1 atom stereocenters. The van der Waals surface area contributed by atoms with E-state index in [1.807, 2.05) is 0 Å². The van der Waals surface area contributed by atoms with Gasteiger partial charge in [-0.1, -0.05) is 17.7 Å². The summed E-state index contributed by atoms with van der Waals surface area (Å²) < 4.78 is 12.8. The van der Waals surface area contributed by atoms with E-state index in [0.717, 1.165) is 5.56 Å². The molecule has 0 aliphatic carbocycles. The number of benzene rings is 1. The van der Waals surface area contributed by atoms with Crippen LogP contribution in [0.15, 0.2) is 18.2 Å². The van der Waals surface area contributed by atoms with E-state index in [2.05, 4.69) is 11.3 Å². The van der Waals surface area contributed by atoms with Gasteiger partial charge in [0.1, 0.15) is 5.82 Å². The van der Waals surface area contributed by atoms with Gasteiger partial charge in [0.25, 0.3) is 0 Å². The molecule has 1 aromatic rings. The summed E-state index contributed by atoms with van der Waals surface area (Å²) in [5.41, 5.74) is 3.43. The van der Waals surface area contributed by atoms with Gasteiger partial charge < -0.3 is 0 Å². The first-order valence-electron chi connectivity index (χ1n) is 4.51. The molecule has 0 aliphatic rings. The lowest BCUT2D eigenvalue weighted by Crippen LogP contribution is -2.36. The summed E-state index contributed by atoms with van der Waals surface area (Å²) >= 11 is 5.87. The third-order valence-corrected chi connectivity index (χ3v) is 2.43. The summed E-state index contributed by atoms with van der Waals surface area (Å²) in [5.74, 6) is 7.48. The molecule has 0 aliphatic heterocycles. The van der Waals surface area contributed by atoms with Gasteiger partial charge in [0.05, 0.1) is 0 Å². The maximum atomic E-state index is 12.8. The fourth-order valence-corrected chi connectivity index (χ4v) is 1.53. The summed E-state index contributed by atoms with van der Waals surface area (Å²) in [4.78, 5) is 0. The van der Waals surface area contributed by atoms with Gasteiger partial charge in [0, 0.05) is 17.5 Å². The van der Waals surface area contributed by atoms with Gasteiger partial charge in [0.2, 0.25) is 0 Å². The zero-order chi connectivity index (χ0) is 11.3. The lowest BCUT2D eigenvalue weighted by Gasteiger charge is -2.13. The fraction of sp³-hybridized carbons (Fsp3) is 0.273. The second kappa shape index (κ2) is 5.72. The molecule has 0 saturated carbocycles. The lowest BCUT2D eigenvalue weighted by atomic mass is 10.0. The monoisotopic (exact) mass is 226 g/mol. The normalized spacial score (nSPS) is 12.1. The van der Waals surface area contributed by atoms with Crippen molar-refractivity contribution in [1.82, 2.24) is 5.43 Å². The van der Waals surface area contributed by atoms with Crippen LogP contribution in [0, 0.1) is 18.2 Å². The molecule has 1 rings (SSSR count). The zero-order valence-corrected chi connectivity index (χ0v) is 8.89. The van der Waals surface area contributed by atoms with Crippen LogP contribution in [0.2, 0.25) is 5.02 Å². The predicted octanol–water partition coefficient (Wildman–Crippen LogP) is 1.88. The summed E-state index contributed by atoms with van der Waals surface area (Å²) in [6.45, 7) is 0. The van der Waals surface area contributed by atoms with Gasteiger partial charge in [0.15, 0.2) is 0 Å². The second-order valence-corrected chi connectivity index (χ2v) is 3.62. The van der Waals surface area contributed by atoms with Crippen LogP contribution in [0.3, 0.4) is 0 Å². The molecule has 0 radical (unpaired) electrons. The largest absolute Gasteiger partial charge is 0.271 e. The van der Waals surface area contributed by atoms with Crippen molar-refractivity contribution in [3.8, 4) is 12.3 Å². The first-order valence-corrected chi connectivity index (χ1v) is 4.88. The van der Waals surface area contributed by atoms with Crippen molar-refractivity contribution in [1.29, 1.82) is 0 Å². The van der Waals surface area contributed by atoms with E-state index in [1.54, 1.807) is 6.07 Å². The quantitative estimate of drug-likeness (QED) is 0.467. The molecule has 2 nitrogen and oxygen atoms in total. The van der Waals surface area contributed by atoms with Crippen LogP contribution < -0.4 is 11.3 Å². The van der Waals surface area contributed by atoms with Crippen molar-refractivity contribution in [2.24, 2.45) is 5.84 Å². The third-order valence-electron chi connectivity index (χ3n) is 2.08. The predicted molar refractivity (Wildman–Crippen MR) is 59.7 cm³/mol. The van der Waals surface area contributed by atoms with E-state index in [1.165, 1.54) is 12.1 Å². The molecule has 0 spiro atoms. The third kappa shape index (κ3) is 3.52. The molecule has 0 heterocycles. The summed E-state index contributed by atoms with van der Waals surface area (Å²) in [5, 5.41) is 0.396. The molecule has 0 amide bonds. The number of rotatable bonds is 4. The zero-order valence-electron chi connectivity index (χ0n) is 8.13. The molecule has 0 fully saturated rings. The maximum Gasteiger partial charge on any atom is 0.124 e. The molecular weight excluding hydrogens is 215 g/mol. The Morgan fingerprint density at radius 3 is 2.87 bits per heavy atom. The molecule has 3 N–H and O–H groups in total. The molecule has 0 saturated heterocycles. The highest BCUT2D eigenvalue weighted by atomic mass is 35.5. The summed E-state index contributed by atoms with van der Waals surface area (Å²) in [6.07, 6.45) is 6.27. The van der Waals surface area contributed by atoms with Crippen LogP contribution >= 0.6 is 11.6 Å². The Morgan fingerprint density at radius 1 is 1.60 bits per heavy atom. The van der Waals surface area contributed by atoms with Crippen molar-refractivity contribution >= 4 is 11.6 Å². The topological polar surface area (TPSA) is 38.0 Å². The average molecular weight is 227 g/mol. The number of halogens is 2. The van der Waals surface area contributed by atoms with E-state index < -0.39 is 0 Å². The molecule has 0 aromatic heterocycles. The Morgan fingerprint density at radius 2 is 2.33 bits per heavy atom. The molecule has 4 heteroatoms. The average Bonchev–Trinajstić information content (AvgIpc) is 2.21. The van der Waals surface area contributed by atoms with Crippen molar-refractivity contribution in [3.05, 3.63) is 34.6 Å². The first kappa shape index (κ1) is 12.0. The molecule has 0 bridgehead atoms. The summed E-state index contributed by atoms with van der Waals surface area (Å²) in [7, 11) is 0. The van der Waals surface area contributed by atoms with Crippen LogP contribution in [-0.2, 0) is 6.42 Å². The summed E-state index contributed by atoms with van der Waals surface area (Å²) in [6, 6.07) is 4.24. The van der Waals surface area contributed by atoms with Gasteiger partial charge >= 0.3 is 0 Å². The van der Waals surface area contributed by atoms with Crippen LogP contribution in [0.4, 0.5) is 4.39 Å². The Labute approximate surface area is 93.6 Å². The number of nitrogens with one attached hydrogen (secondary N) is 1. The van der Waals surface area contributed by atoms with Crippen molar-refractivity contribution < 1.29 is 4.39 Å². The second-order valence-electron chi connectivity index (χ2n) is 3.21. The van der Waals surface area contributed by atoms with E-state index in [4.69, 9.17) is 23.9 Å². The van der Waals surface area contributed by atoms with E-state index in [9.17, 15) is 4.39 Å². The molecule has 1 unspecified atom stereocenters. The van der Waals surface area contributed by atoms with Crippen molar-refractivity contribution in [2.75, 3.05) is 0 Å². The van der Waals surface area contributed by atoms with Gasteiger partial charge in [-0.25, -0.2) is 4.39 Å². The molecule has 80 valence electrons. The SMILES string of the molecule is C#CCC(Cc1ccc(F)cc1Cl)NN. The Balaban J connectivity index is 2.75. The maximum absolute atomic E-state index is 12.8. The van der Waals surface area contributed by atoms with Crippen molar-refractivity contribution in [2.45, 2.75) is 18.9 Å². The van der Waals surface area contributed by atoms with Gasteiger partial charge in [-0.15, -0.1) is 12.3 Å². The van der Waals surface area contributed by atoms with E-state index in [-0.39, 0.29) is 11.9 Å². The molecule has 1 aromatic carbocycles. The smallest absolute Gasteiger partial charge is 0.124 e. The number of hydrogen-bond donors (Lipinski definition) is 2. The van der Waals surface area contributed by atoms with E-state index in [0.29, 0.717) is 17.9 Å². The number of hydrogen-bond acceptors (Lipinski definition) is 2. The van der Waals surface area contributed by atoms with Gasteiger partial charge in [-0.3, -0.25) is 11.3 Å². The highest BCUT2D eigenvalue weighted by Crippen LogP contribution is 2.19. The van der Waals surface area contributed by atoms with Crippen LogP contribution in [0.25, 0.3) is 0 Å². The Bertz CT molecular complexity index is 373. The highest BCUT2D eigenvalue weighted by molar-refractivity contribution is 6.31. The van der Waals surface area contributed by atoms with E-state index >= 15 is 0 Å². The minimum atomic E-state index is -0.349. The lowest BCUT2D eigenvalue weighted by molar-refractivity contribution is 0.536. The number of terminal acetylenes is 1. The Hall–Kier alpha value is -1.08. The highest BCUT2D eigenvalue weighted by Gasteiger charge is 2.09. The number of nitrogens with two attached hydrogens (primary N) is 1. The number of hydrazine groups is 1. The van der Waals surface area contributed by atoms with Crippen LogP contribution in [-0.4, -0.2) is 6.04 Å². The molecular formula is C11H12ClFN2. The van der Waals surface area contributed by atoms with Gasteiger partial charge in [-0.05, 0) is 24.1 Å². The van der Waals surface area contributed by atoms with Crippen LogP contribution in [0.5, 0.6) is 0 Å². The Kier molecular flexibility index (Phi) is 4.57. The first-order chi connectivity index (χ1) is 7.17. The molecule has 15 heavy (non-hydrogen) atoms. The van der Waals surface area contributed by atoms with Crippen molar-refractivity contribution in [3.63, 3.8) is 0 Å². The van der Waals surface area contributed by atoms with Gasteiger partial charge in [-0.2, -0.15) is 0 Å². The fourth-order valence-electron chi connectivity index (χ4n) is 1.28.